The summed E-state index contributed by atoms with van der Waals surface area (Å²) in [6, 6.07) is 4.41. The van der Waals surface area contributed by atoms with Crippen molar-refractivity contribution < 1.29 is 0 Å². The van der Waals surface area contributed by atoms with E-state index in [1.54, 1.807) is 6.07 Å². The maximum atomic E-state index is 5.67. The molecule has 0 atom stereocenters. The van der Waals surface area contributed by atoms with Crippen LogP contribution in [-0.2, 0) is 0 Å². The van der Waals surface area contributed by atoms with Gasteiger partial charge in [-0.1, -0.05) is 12.8 Å². The van der Waals surface area contributed by atoms with Crippen LogP contribution in [0, 0.1) is 0 Å². The summed E-state index contributed by atoms with van der Waals surface area (Å²) in [6.45, 7) is 1.90. The number of nitrogen functional groups attached to an aromatic ring is 2. The molecule has 5 N–H and O–H groups in total. The van der Waals surface area contributed by atoms with Crippen LogP contribution in [0.15, 0.2) is 12.1 Å². The van der Waals surface area contributed by atoms with Gasteiger partial charge in [0.1, 0.15) is 11.6 Å². The molecular formula is C13H23N5. The van der Waals surface area contributed by atoms with Crippen LogP contribution in [0.1, 0.15) is 25.7 Å². The number of anilines is 3. The number of hydrogen-bond donors (Lipinski definition) is 3. The third-order valence-corrected chi connectivity index (χ3v) is 3.68. The standard InChI is InChI=1S/C13H23N5/c1-18(10-4-2-3-5-10)9-8-16-12-7-6-11(14)13(15)17-12/h6-7,10H,2-5,8-9,14H2,1H3,(H3,15,16,17). The minimum absolute atomic E-state index is 0.393. The smallest absolute Gasteiger partial charge is 0.149 e. The van der Waals surface area contributed by atoms with Gasteiger partial charge in [-0.15, -0.1) is 0 Å². The number of aromatic nitrogens is 1. The number of rotatable bonds is 5. The summed E-state index contributed by atoms with van der Waals surface area (Å²) in [7, 11) is 2.20. The molecule has 5 nitrogen and oxygen atoms in total. The highest BCUT2D eigenvalue weighted by molar-refractivity contribution is 5.61. The van der Waals surface area contributed by atoms with Crippen LogP contribution < -0.4 is 16.8 Å². The molecule has 0 amide bonds. The molecule has 100 valence electrons. The molecular weight excluding hydrogens is 226 g/mol. The lowest BCUT2D eigenvalue weighted by Gasteiger charge is -2.24. The number of likely N-dealkylation sites (N-methyl/N-ethyl adjacent to an activating group) is 1. The van der Waals surface area contributed by atoms with Crippen LogP contribution in [-0.4, -0.2) is 36.1 Å². The summed E-state index contributed by atoms with van der Waals surface area (Å²) >= 11 is 0. The van der Waals surface area contributed by atoms with Crippen LogP contribution >= 0.6 is 0 Å². The fourth-order valence-corrected chi connectivity index (χ4v) is 2.47. The topological polar surface area (TPSA) is 80.2 Å². The maximum absolute atomic E-state index is 5.67. The lowest BCUT2D eigenvalue weighted by molar-refractivity contribution is 0.254. The first-order valence-corrected chi connectivity index (χ1v) is 6.63. The van der Waals surface area contributed by atoms with E-state index in [1.807, 2.05) is 6.07 Å². The lowest BCUT2D eigenvalue weighted by atomic mass is 10.2. The molecule has 1 aliphatic carbocycles. The fraction of sp³-hybridized carbons (Fsp3) is 0.615. The molecule has 1 aromatic heterocycles. The lowest BCUT2D eigenvalue weighted by Crippen LogP contribution is -2.33. The van der Waals surface area contributed by atoms with Crippen molar-refractivity contribution in [3.8, 4) is 0 Å². The van der Waals surface area contributed by atoms with Gasteiger partial charge < -0.3 is 21.7 Å². The second-order valence-corrected chi connectivity index (χ2v) is 5.02. The molecule has 2 rings (SSSR count). The van der Waals surface area contributed by atoms with Gasteiger partial charge >= 0.3 is 0 Å². The van der Waals surface area contributed by atoms with E-state index < -0.39 is 0 Å². The van der Waals surface area contributed by atoms with Crippen LogP contribution in [0.25, 0.3) is 0 Å². The van der Waals surface area contributed by atoms with Crippen LogP contribution in [0.2, 0.25) is 0 Å². The Balaban J connectivity index is 1.75. The van der Waals surface area contributed by atoms with E-state index in [0.717, 1.165) is 24.9 Å². The summed E-state index contributed by atoms with van der Waals surface area (Å²) < 4.78 is 0. The van der Waals surface area contributed by atoms with Crippen molar-refractivity contribution in [1.29, 1.82) is 0 Å². The van der Waals surface area contributed by atoms with E-state index in [0.29, 0.717) is 11.5 Å². The van der Waals surface area contributed by atoms with Crippen molar-refractivity contribution in [3.63, 3.8) is 0 Å². The third-order valence-electron chi connectivity index (χ3n) is 3.68. The van der Waals surface area contributed by atoms with Crippen molar-refractivity contribution in [2.45, 2.75) is 31.7 Å². The Kier molecular flexibility index (Phi) is 4.25. The molecule has 0 saturated heterocycles. The highest BCUT2D eigenvalue weighted by atomic mass is 15.2. The van der Waals surface area contributed by atoms with Crippen molar-refractivity contribution in [1.82, 2.24) is 9.88 Å². The van der Waals surface area contributed by atoms with E-state index in [2.05, 4.69) is 22.2 Å². The quantitative estimate of drug-likeness (QED) is 0.737. The van der Waals surface area contributed by atoms with Gasteiger partial charge in [0.25, 0.3) is 0 Å². The molecule has 0 radical (unpaired) electrons. The molecule has 0 aliphatic heterocycles. The highest BCUT2D eigenvalue weighted by Gasteiger charge is 2.18. The van der Waals surface area contributed by atoms with Crippen LogP contribution in [0.5, 0.6) is 0 Å². The van der Waals surface area contributed by atoms with Gasteiger partial charge in [-0.25, -0.2) is 4.98 Å². The van der Waals surface area contributed by atoms with Gasteiger partial charge in [-0.05, 0) is 32.0 Å². The van der Waals surface area contributed by atoms with Crippen molar-refractivity contribution in [2.24, 2.45) is 0 Å². The van der Waals surface area contributed by atoms with E-state index in [1.165, 1.54) is 25.7 Å². The molecule has 1 heterocycles. The fourth-order valence-electron chi connectivity index (χ4n) is 2.47. The van der Waals surface area contributed by atoms with Crippen molar-refractivity contribution in [2.75, 3.05) is 36.9 Å². The Bertz CT molecular complexity index is 387. The normalized spacial score (nSPS) is 16.3. The van der Waals surface area contributed by atoms with Gasteiger partial charge in [0.05, 0.1) is 5.69 Å². The maximum Gasteiger partial charge on any atom is 0.149 e. The van der Waals surface area contributed by atoms with Gasteiger partial charge in [0, 0.05) is 19.1 Å². The molecule has 1 aromatic rings. The zero-order valence-corrected chi connectivity index (χ0v) is 11.0. The minimum atomic E-state index is 0.393. The molecule has 0 aromatic carbocycles. The van der Waals surface area contributed by atoms with Crippen LogP contribution in [0.3, 0.4) is 0 Å². The van der Waals surface area contributed by atoms with E-state index in [9.17, 15) is 0 Å². The van der Waals surface area contributed by atoms with Gasteiger partial charge in [-0.2, -0.15) is 0 Å². The minimum Gasteiger partial charge on any atom is -0.396 e. The Morgan fingerprint density at radius 3 is 2.72 bits per heavy atom. The number of pyridine rings is 1. The second kappa shape index (κ2) is 5.91. The predicted molar refractivity (Wildman–Crippen MR) is 76.4 cm³/mol. The molecule has 5 heteroatoms. The first-order valence-electron chi connectivity index (χ1n) is 6.63. The predicted octanol–water partition coefficient (Wildman–Crippen LogP) is 1.53. The molecule has 1 aliphatic rings. The highest BCUT2D eigenvalue weighted by Crippen LogP contribution is 2.22. The summed E-state index contributed by atoms with van der Waals surface area (Å²) in [4.78, 5) is 6.62. The Morgan fingerprint density at radius 1 is 1.33 bits per heavy atom. The summed E-state index contributed by atoms with van der Waals surface area (Å²) in [5, 5.41) is 3.28. The monoisotopic (exact) mass is 249 g/mol. The molecule has 0 unspecified atom stereocenters. The average Bonchev–Trinajstić information content (AvgIpc) is 2.87. The molecule has 0 spiro atoms. The Labute approximate surface area is 109 Å². The van der Waals surface area contributed by atoms with Gasteiger partial charge in [0.2, 0.25) is 0 Å². The average molecular weight is 249 g/mol. The summed E-state index contributed by atoms with van der Waals surface area (Å²) in [5.74, 6) is 1.19. The molecule has 1 saturated carbocycles. The van der Waals surface area contributed by atoms with Gasteiger partial charge in [0.15, 0.2) is 0 Å². The van der Waals surface area contributed by atoms with E-state index in [4.69, 9.17) is 11.5 Å². The zero-order valence-electron chi connectivity index (χ0n) is 11.0. The summed E-state index contributed by atoms with van der Waals surface area (Å²) in [6.07, 6.45) is 5.42. The number of nitrogens with two attached hydrogens (primary N) is 2. The SMILES string of the molecule is CN(CCNc1ccc(N)c(N)n1)C1CCCC1. The number of nitrogens with zero attached hydrogens (tertiary/aromatic N) is 2. The first kappa shape index (κ1) is 13.0. The van der Waals surface area contributed by atoms with E-state index in [-0.39, 0.29) is 0 Å². The van der Waals surface area contributed by atoms with Gasteiger partial charge in [-0.3, -0.25) is 0 Å². The molecule has 1 fully saturated rings. The third kappa shape index (κ3) is 3.26. The Morgan fingerprint density at radius 2 is 2.06 bits per heavy atom. The molecule has 0 bridgehead atoms. The molecule has 18 heavy (non-hydrogen) atoms. The zero-order chi connectivity index (χ0) is 13.0. The van der Waals surface area contributed by atoms with Crippen molar-refractivity contribution in [3.05, 3.63) is 12.1 Å². The van der Waals surface area contributed by atoms with Crippen molar-refractivity contribution >= 4 is 17.3 Å². The van der Waals surface area contributed by atoms with E-state index >= 15 is 0 Å². The first-order chi connectivity index (χ1) is 8.66. The number of nitrogens with one attached hydrogen (secondary N) is 1. The summed E-state index contributed by atoms with van der Waals surface area (Å²) in [5.41, 5.74) is 11.8. The number of hydrogen-bond acceptors (Lipinski definition) is 5. The largest absolute Gasteiger partial charge is 0.396 e. The Hall–Kier alpha value is -1.49. The van der Waals surface area contributed by atoms with Crippen LogP contribution in [0.4, 0.5) is 17.3 Å². The second-order valence-electron chi connectivity index (χ2n) is 5.02.